The molecule has 3 aliphatic rings. The number of halogens is 2. The Morgan fingerprint density at radius 1 is 0.593 bits per heavy atom. The van der Waals surface area contributed by atoms with E-state index in [-0.39, 0.29) is 48.5 Å². The summed E-state index contributed by atoms with van der Waals surface area (Å²) in [5.74, 6) is 0.458. The topological polar surface area (TPSA) is 142 Å². The molecule has 0 saturated carbocycles. The van der Waals surface area contributed by atoms with Gasteiger partial charge < -0.3 is 16.8 Å². The molecule has 54 heavy (non-hydrogen) atoms. The van der Waals surface area contributed by atoms with E-state index in [1.54, 1.807) is 26.5 Å². The number of nitrogens with zero attached hydrogens (tertiary/aromatic N) is 5. The van der Waals surface area contributed by atoms with Crippen LogP contribution in [0.2, 0.25) is 0 Å². The van der Waals surface area contributed by atoms with Crippen LogP contribution in [0, 0.1) is 5.92 Å². The first-order valence-corrected chi connectivity index (χ1v) is 17.5. The number of carbonyl (C=O) groups excluding carboxylic acids is 2. The first kappa shape index (κ1) is 39.7. The zero-order valence-electron chi connectivity index (χ0n) is 30.1. The predicted octanol–water partition coefficient (Wildman–Crippen LogP) is 5.96. The van der Waals surface area contributed by atoms with Gasteiger partial charge in [-0.25, -0.2) is 9.98 Å². The second-order valence-corrected chi connectivity index (χ2v) is 13.3. The van der Waals surface area contributed by atoms with Gasteiger partial charge in [0.05, 0.1) is 0 Å². The van der Waals surface area contributed by atoms with Crippen LogP contribution in [0.15, 0.2) is 144 Å². The largest absolute Gasteiger partial charge is 0.369 e. The van der Waals surface area contributed by atoms with Crippen molar-refractivity contribution in [2.24, 2.45) is 27.4 Å². The first-order valence-electron chi connectivity index (χ1n) is 17.5. The van der Waals surface area contributed by atoms with Crippen LogP contribution in [0.25, 0.3) is 22.3 Å². The summed E-state index contributed by atoms with van der Waals surface area (Å²) in [6.45, 7) is 1.80. The summed E-state index contributed by atoms with van der Waals surface area (Å²) >= 11 is 0. The van der Waals surface area contributed by atoms with E-state index in [0.717, 1.165) is 64.9 Å². The molecule has 4 aromatic carbocycles. The molecule has 5 N–H and O–H groups in total. The number of hydrogen-bond donors (Lipinski definition) is 3. The molecule has 0 spiro atoms. The Morgan fingerprint density at radius 2 is 1.07 bits per heavy atom. The molecule has 278 valence electrons. The summed E-state index contributed by atoms with van der Waals surface area (Å²) < 4.78 is 0. The molecule has 0 radical (unpaired) electrons. The smallest absolute Gasteiger partial charge is 0.266 e. The third-order valence-electron chi connectivity index (χ3n) is 10.3. The lowest BCUT2D eigenvalue weighted by molar-refractivity contribution is -0.133. The van der Waals surface area contributed by atoms with Crippen molar-refractivity contribution >= 4 is 48.5 Å². The normalized spacial score (nSPS) is 20.9. The zero-order chi connectivity index (χ0) is 36.3. The minimum atomic E-state index is -1.19. The fraction of sp³-hybridized carbons (Fsp3) is 0.214. The number of likely N-dealkylation sites (N-methyl/N-ethyl adjacent to an activating group) is 2. The monoisotopic (exact) mass is 762 g/mol. The Bertz CT molecular complexity index is 2150. The highest BCUT2D eigenvalue weighted by Gasteiger charge is 2.53. The maximum absolute atomic E-state index is 13.3. The van der Waals surface area contributed by atoms with Gasteiger partial charge in [0.15, 0.2) is 23.0 Å². The molecule has 0 aliphatic carbocycles. The Kier molecular flexibility index (Phi) is 12.2. The molecule has 4 heterocycles. The Labute approximate surface area is 328 Å². The fourth-order valence-corrected chi connectivity index (χ4v) is 7.49. The summed E-state index contributed by atoms with van der Waals surface area (Å²) in [7, 11) is 3.36. The van der Waals surface area contributed by atoms with Crippen LogP contribution in [-0.4, -0.2) is 65.7 Å². The molecule has 1 fully saturated rings. The molecule has 1 aromatic heterocycles. The third-order valence-corrected chi connectivity index (χ3v) is 10.3. The molecule has 2 amide bonds. The zero-order valence-corrected chi connectivity index (χ0v) is 31.8. The lowest BCUT2D eigenvalue weighted by Crippen LogP contribution is -2.47. The first-order chi connectivity index (χ1) is 25.3. The van der Waals surface area contributed by atoms with Crippen LogP contribution < -0.4 is 16.8 Å². The van der Waals surface area contributed by atoms with E-state index in [2.05, 4.69) is 39.6 Å². The van der Waals surface area contributed by atoms with Gasteiger partial charge in [0, 0.05) is 26.5 Å². The maximum atomic E-state index is 13.3. The minimum Gasteiger partial charge on any atom is -0.369 e. The van der Waals surface area contributed by atoms with Crippen molar-refractivity contribution in [1.29, 1.82) is 0 Å². The molecular formula is C42H44Cl2N8O2. The highest BCUT2D eigenvalue weighted by Crippen LogP contribution is 2.44. The molecule has 1 saturated heterocycles. The van der Waals surface area contributed by atoms with Crippen LogP contribution >= 0.6 is 24.8 Å². The molecule has 10 nitrogen and oxygen atoms in total. The van der Waals surface area contributed by atoms with Crippen molar-refractivity contribution in [3.05, 3.63) is 150 Å². The highest BCUT2D eigenvalue weighted by atomic mass is 35.5. The van der Waals surface area contributed by atoms with Crippen LogP contribution in [0.3, 0.4) is 0 Å². The summed E-state index contributed by atoms with van der Waals surface area (Å²) in [5, 5.41) is 3.38. The summed E-state index contributed by atoms with van der Waals surface area (Å²) in [5.41, 5.74) is 16.8. The van der Waals surface area contributed by atoms with E-state index in [0.29, 0.717) is 5.96 Å². The van der Waals surface area contributed by atoms with Crippen LogP contribution in [0.1, 0.15) is 29.5 Å². The van der Waals surface area contributed by atoms with Gasteiger partial charge in [0.1, 0.15) is 0 Å². The summed E-state index contributed by atoms with van der Waals surface area (Å²) in [4.78, 5) is 42.8. The highest BCUT2D eigenvalue weighted by molar-refractivity contribution is 6.09. The van der Waals surface area contributed by atoms with Gasteiger partial charge in [0.2, 0.25) is 0 Å². The number of aromatic nitrogens is 1. The van der Waals surface area contributed by atoms with Crippen molar-refractivity contribution in [2.45, 2.75) is 23.9 Å². The van der Waals surface area contributed by atoms with Gasteiger partial charge in [-0.1, -0.05) is 97.1 Å². The van der Waals surface area contributed by atoms with E-state index < -0.39 is 11.1 Å². The van der Waals surface area contributed by atoms with E-state index in [1.165, 1.54) is 9.80 Å². The minimum absolute atomic E-state index is 0. The predicted molar refractivity (Wildman–Crippen MR) is 219 cm³/mol. The maximum Gasteiger partial charge on any atom is 0.266 e. The Balaban J connectivity index is 0.000000200. The second kappa shape index (κ2) is 16.6. The van der Waals surface area contributed by atoms with Gasteiger partial charge in [-0.3, -0.25) is 24.4 Å². The van der Waals surface area contributed by atoms with Crippen LogP contribution in [0.4, 0.5) is 0 Å². The van der Waals surface area contributed by atoms with Crippen LogP contribution in [-0.2, 0) is 20.7 Å². The van der Waals surface area contributed by atoms with E-state index in [1.807, 2.05) is 97.1 Å². The third kappa shape index (κ3) is 7.08. The number of benzene rings is 4. The molecule has 2 atom stereocenters. The average molecular weight is 764 g/mol. The van der Waals surface area contributed by atoms with Crippen molar-refractivity contribution in [3.8, 4) is 22.3 Å². The summed E-state index contributed by atoms with van der Waals surface area (Å²) in [6.07, 6.45) is 5.14. The van der Waals surface area contributed by atoms with E-state index in [4.69, 9.17) is 16.5 Å². The van der Waals surface area contributed by atoms with Crippen molar-refractivity contribution in [2.75, 3.05) is 27.2 Å². The van der Waals surface area contributed by atoms with Gasteiger partial charge >= 0.3 is 0 Å². The van der Waals surface area contributed by atoms with Gasteiger partial charge in [0.25, 0.3) is 11.8 Å². The standard InChI is InChI=1S/C21H24N4O.C21H18N4O.2ClH/c2*1-25-19(26)21(24-20(25)22,17-10-12-23-13-11-17)18-9-5-8-16(14-18)15-6-3-2-4-7-15;;/h2-9,14,17,23H,10-13H2,1H3,(H2,22,24);2-14H,1H3,(H2,22,24);2*1H. The number of amides is 2. The van der Waals surface area contributed by atoms with Crippen molar-refractivity contribution in [1.82, 2.24) is 20.1 Å². The molecule has 2 unspecified atom stereocenters. The number of pyridine rings is 1. The summed E-state index contributed by atoms with van der Waals surface area (Å²) in [6, 6.07) is 40.0. The molecule has 5 aromatic rings. The molecule has 8 rings (SSSR count). The number of carbonyl (C=O) groups is 2. The fourth-order valence-electron chi connectivity index (χ4n) is 7.49. The Morgan fingerprint density at radius 3 is 1.57 bits per heavy atom. The lowest BCUT2D eigenvalue weighted by atomic mass is 9.73. The van der Waals surface area contributed by atoms with E-state index in [9.17, 15) is 9.59 Å². The van der Waals surface area contributed by atoms with Crippen molar-refractivity contribution in [3.63, 3.8) is 0 Å². The van der Waals surface area contributed by atoms with Crippen LogP contribution in [0.5, 0.6) is 0 Å². The Hall–Kier alpha value is -5.55. The number of hydrogen-bond acceptors (Lipinski definition) is 8. The number of rotatable bonds is 6. The number of guanidine groups is 2. The van der Waals surface area contributed by atoms with Gasteiger partial charge in [-0.2, -0.15) is 0 Å². The SMILES string of the molecule is CN1C(=O)C(c2cccc(-c3ccccc3)c2)(C2CCNCC2)N=C1N.CN1C(=O)C(c2ccncc2)(c2cccc(-c3ccccc3)c2)N=C1N.Cl.Cl. The molecule has 3 aliphatic heterocycles. The van der Waals surface area contributed by atoms with Crippen molar-refractivity contribution < 1.29 is 9.59 Å². The molecular weight excluding hydrogens is 719 g/mol. The lowest BCUT2D eigenvalue weighted by Gasteiger charge is -2.36. The van der Waals surface area contributed by atoms with Gasteiger partial charge in [-0.15, -0.1) is 24.8 Å². The van der Waals surface area contributed by atoms with Gasteiger partial charge in [-0.05, 0) is 95.1 Å². The number of piperidine rings is 1. The number of aliphatic imine (C=N–C) groups is 2. The molecule has 12 heteroatoms. The quantitative estimate of drug-likeness (QED) is 0.195. The second-order valence-electron chi connectivity index (χ2n) is 13.3. The number of nitrogens with one attached hydrogen (secondary N) is 1. The van der Waals surface area contributed by atoms with E-state index >= 15 is 0 Å². The number of nitrogens with two attached hydrogens (primary N) is 2. The molecule has 0 bridgehead atoms. The average Bonchev–Trinajstić information content (AvgIpc) is 3.59.